The third-order valence-electron chi connectivity index (χ3n) is 11.2. The van der Waals surface area contributed by atoms with Crippen molar-refractivity contribution in [2.45, 2.75) is 245 Å². The highest BCUT2D eigenvalue weighted by molar-refractivity contribution is 5.71. The molecule has 0 N–H and O–H groups in total. The van der Waals surface area contributed by atoms with Crippen LogP contribution in [0.15, 0.2) is 109 Å². The van der Waals surface area contributed by atoms with Crippen LogP contribution in [0.5, 0.6) is 0 Å². The second-order valence-electron chi connectivity index (χ2n) is 17.7. The van der Waals surface area contributed by atoms with Gasteiger partial charge in [0.2, 0.25) is 0 Å². The minimum absolute atomic E-state index is 0.0996. The zero-order valence-corrected chi connectivity index (χ0v) is 43.4. The summed E-state index contributed by atoms with van der Waals surface area (Å²) >= 11 is 0. The molecule has 0 aromatic rings. The summed E-state index contributed by atoms with van der Waals surface area (Å²) in [5.74, 6) is -0.948. The average Bonchev–Trinajstić information content (AvgIpc) is 3.33. The fourth-order valence-corrected chi connectivity index (χ4v) is 7.18. The first-order chi connectivity index (χ1) is 33.0. The van der Waals surface area contributed by atoms with Crippen molar-refractivity contribution in [3.63, 3.8) is 0 Å². The smallest absolute Gasteiger partial charge is 0.306 e. The molecule has 0 aliphatic carbocycles. The van der Waals surface area contributed by atoms with Crippen molar-refractivity contribution in [1.82, 2.24) is 0 Å². The second-order valence-corrected chi connectivity index (χ2v) is 17.7. The minimum Gasteiger partial charge on any atom is -0.462 e. The van der Waals surface area contributed by atoms with Gasteiger partial charge in [-0.2, -0.15) is 0 Å². The Kier molecular flexibility index (Phi) is 51.5. The molecule has 0 bridgehead atoms. The van der Waals surface area contributed by atoms with Crippen LogP contribution in [0.25, 0.3) is 0 Å². The van der Waals surface area contributed by atoms with Crippen LogP contribution in [0.4, 0.5) is 0 Å². The SMILES string of the molecule is CC/C=C\C/C=C\C/C=C\CCCCCCCC(=O)OC[C@H](COC(=O)CCCCCCCC/C=C\C/C=C\C/C=C\CCCCC)OC(=O)CCCCCCC/C=C\C/C=C\C/C=C\CC. The molecule has 0 saturated carbocycles. The number of carbonyl (C=O) groups excluding carboxylic acids is 3. The molecule has 0 saturated heterocycles. The number of allylic oxidation sites excluding steroid dienone is 18. The molecule has 6 heteroatoms. The molecule has 0 spiro atoms. The molecule has 0 unspecified atom stereocenters. The van der Waals surface area contributed by atoms with Crippen LogP contribution in [-0.2, 0) is 28.6 Å². The Hall–Kier alpha value is -3.93. The Morgan fingerprint density at radius 3 is 0.910 bits per heavy atom. The summed E-state index contributed by atoms with van der Waals surface area (Å²) < 4.78 is 16.8. The van der Waals surface area contributed by atoms with Crippen LogP contribution < -0.4 is 0 Å². The van der Waals surface area contributed by atoms with E-state index in [0.29, 0.717) is 19.3 Å². The van der Waals surface area contributed by atoms with Gasteiger partial charge in [0.05, 0.1) is 0 Å². The van der Waals surface area contributed by atoms with Crippen molar-refractivity contribution < 1.29 is 28.6 Å². The lowest BCUT2D eigenvalue weighted by molar-refractivity contribution is -0.167. The number of rotatable bonds is 48. The van der Waals surface area contributed by atoms with Gasteiger partial charge in [-0.1, -0.05) is 207 Å². The number of ether oxygens (including phenoxy) is 3. The summed E-state index contributed by atoms with van der Waals surface area (Å²) in [4.78, 5) is 38.1. The molecule has 0 fully saturated rings. The quantitative estimate of drug-likeness (QED) is 0.0262. The summed E-state index contributed by atoms with van der Waals surface area (Å²) in [5.41, 5.74) is 0. The molecule has 0 aliphatic heterocycles. The van der Waals surface area contributed by atoms with E-state index in [1.165, 1.54) is 38.5 Å². The second kappa shape index (κ2) is 54.7. The number of carbonyl (C=O) groups is 3. The molecule has 0 aromatic carbocycles. The first-order valence-corrected chi connectivity index (χ1v) is 27.4. The molecule has 0 radical (unpaired) electrons. The molecular formula is C61H100O6. The minimum atomic E-state index is -0.802. The third kappa shape index (κ3) is 52.9. The van der Waals surface area contributed by atoms with Crippen molar-refractivity contribution in [3.05, 3.63) is 109 Å². The lowest BCUT2D eigenvalue weighted by atomic mass is 10.1. The summed E-state index contributed by atoms with van der Waals surface area (Å²) in [6.45, 7) is 6.34. The maximum atomic E-state index is 12.8. The fourth-order valence-electron chi connectivity index (χ4n) is 7.18. The van der Waals surface area contributed by atoms with E-state index in [-0.39, 0.29) is 31.1 Å². The van der Waals surface area contributed by atoms with Gasteiger partial charge in [-0.15, -0.1) is 0 Å². The zero-order chi connectivity index (χ0) is 48.6. The van der Waals surface area contributed by atoms with E-state index in [1.54, 1.807) is 0 Å². The Morgan fingerprint density at radius 2 is 0.582 bits per heavy atom. The summed E-state index contributed by atoms with van der Waals surface area (Å²) in [5, 5.41) is 0. The van der Waals surface area contributed by atoms with Gasteiger partial charge < -0.3 is 14.2 Å². The van der Waals surface area contributed by atoms with Crippen LogP contribution >= 0.6 is 0 Å². The van der Waals surface area contributed by atoms with E-state index in [2.05, 4.69) is 130 Å². The van der Waals surface area contributed by atoms with Crippen molar-refractivity contribution in [3.8, 4) is 0 Å². The predicted molar refractivity (Wildman–Crippen MR) is 288 cm³/mol. The number of hydrogen-bond donors (Lipinski definition) is 0. The van der Waals surface area contributed by atoms with Crippen molar-refractivity contribution in [2.75, 3.05) is 13.2 Å². The monoisotopic (exact) mass is 929 g/mol. The Bertz CT molecular complexity index is 1390. The molecule has 0 rings (SSSR count). The number of esters is 3. The Balaban J connectivity index is 4.47. The zero-order valence-electron chi connectivity index (χ0n) is 43.4. The third-order valence-corrected chi connectivity index (χ3v) is 11.2. The summed E-state index contributed by atoms with van der Waals surface area (Å²) in [6.07, 6.45) is 73.5. The normalized spacial score (nSPS) is 12.9. The van der Waals surface area contributed by atoms with Gasteiger partial charge in [-0.25, -0.2) is 0 Å². The highest BCUT2D eigenvalue weighted by Crippen LogP contribution is 2.13. The topological polar surface area (TPSA) is 78.9 Å². The van der Waals surface area contributed by atoms with Crippen LogP contribution in [0.3, 0.4) is 0 Å². The van der Waals surface area contributed by atoms with Crippen LogP contribution in [0.2, 0.25) is 0 Å². The fraction of sp³-hybridized carbons (Fsp3) is 0.656. The van der Waals surface area contributed by atoms with E-state index >= 15 is 0 Å². The number of hydrogen-bond acceptors (Lipinski definition) is 6. The summed E-state index contributed by atoms with van der Waals surface area (Å²) in [7, 11) is 0. The first-order valence-electron chi connectivity index (χ1n) is 27.4. The van der Waals surface area contributed by atoms with Crippen molar-refractivity contribution in [1.29, 1.82) is 0 Å². The lowest BCUT2D eigenvalue weighted by Crippen LogP contribution is -2.30. The van der Waals surface area contributed by atoms with Crippen LogP contribution in [-0.4, -0.2) is 37.2 Å². The lowest BCUT2D eigenvalue weighted by Gasteiger charge is -2.18. The molecule has 380 valence electrons. The van der Waals surface area contributed by atoms with E-state index < -0.39 is 6.10 Å². The van der Waals surface area contributed by atoms with E-state index in [4.69, 9.17) is 14.2 Å². The Labute approximate surface area is 412 Å². The maximum absolute atomic E-state index is 12.8. The molecular weight excluding hydrogens is 829 g/mol. The van der Waals surface area contributed by atoms with Crippen LogP contribution in [0.1, 0.15) is 239 Å². The average molecular weight is 929 g/mol. The van der Waals surface area contributed by atoms with Crippen molar-refractivity contribution >= 4 is 17.9 Å². The van der Waals surface area contributed by atoms with Crippen LogP contribution in [0, 0.1) is 0 Å². The van der Waals surface area contributed by atoms with E-state index in [0.717, 1.165) is 161 Å². The molecule has 0 aliphatic rings. The largest absolute Gasteiger partial charge is 0.462 e. The predicted octanol–water partition coefficient (Wildman–Crippen LogP) is 18.3. The van der Waals surface area contributed by atoms with Gasteiger partial charge in [-0.05, 0) is 122 Å². The highest BCUT2D eigenvalue weighted by atomic mass is 16.6. The van der Waals surface area contributed by atoms with E-state index in [9.17, 15) is 14.4 Å². The standard InChI is InChI=1S/C61H100O6/c1-4-7-10-13-16-19-22-25-28-29-30-31-34-36-39-42-45-48-51-54-60(63)66-57-58(67-61(64)55-52-49-46-43-40-37-33-27-24-21-18-15-12-9-6-3)56-65-59(62)53-50-47-44-41-38-35-32-26-23-20-17-14-11-8-5-2/h8-9,11-12,16-21,25-28,30-33,58H,4-7,10,13-15,22-24,29,34-57H2,1-3H3/b11-8-,12-9-,19-16-,20-17-,21-18-,28-25-,31-30-,32-26-,33-27-/t58-/m1/s1. The van der Waals surface area contributed by atoms with Gasteiger partial charge in [-0.3, -0.25) is 14.4 Å². The van der Waals surface area contributed by atoms with Gasteiger partial charge in [0.1, 0.15) is 13.2 Å². The molecule has 0 amide bonds. The molecule has 67 heavy (non-hydrogen) atoms. The Morgan fingerprint density at radius 1 is 0.313 bits per heavy atom. The molecule has 0 heterocycles. The highest BCUT2D eigenvalue weighted by Gasteiger charge is 2.19. The number of unbranched alkanes of at least 4 members (excludes halogenated alkanes) is 19. The van der Waals surface area contributed by atoms with Gasteiger partial charge >= 0.3 is 17.9 Å². The van der Waals surface area contributed by atoms with Crippen molar-refractivity contribution in [2.24, 2.45) is 0 Å². The van der Waals surface area contributed by atoms with E-state index in [1.807, 2.05) is 0 Å². The first kappa shape index (κ1) is 63.1. The molecule has 1 atom stereocenters. The molecule has 0 aromatic heterocycles. The maximum Gasteiger partial charge on any atom is 0.306 e. The van der Waals surface area contributed by atoms with Gasteiger partial charge in [0, 0.05) is 19.3 Å². The van der Waals surface area contributed by atoms with Gasteiger partial charge in [0.15, 0.2) is 6.10 Å². The molecule has 6 nitrogen and oxygen atoms in total. The van der Waals surface area contributed by atoms with Gasteiger partial charge in [0.25, 0.3) is 0 Å². The summed E-state index contributed by atoms with van der Waals surface area (Å²) in [6, 6.07) is 0.